The zero-order chi connectivity index (χ0) is 5.15. The molecule has 0 saturated carbocycles. The fourth-order valence-corrected chi connectivity index (χ4v) is 0. The first kappa shape index (κ1) is 10.9. The molecule has 1 nitrogen and oxygen atoms in total. The Morgan fingerprint density at radius 3 is 1.43 bits per heavy atom. The Morgan fingerprint density at radius 2 is 1.43 bits per heavy atom. The largest absolute Gasteiger partial charge is 1.00 e. The number of hydrogen-bond donors (Lipinski definition) is 1. The maximum Gasteiger partial charge on any atom is 1.00 e. The topological polar surface area (TPSA) is 20.2 Å². The van der Waals surface area contributed by atoms with Crippen LogP contribution in [0.25, 0.3) is 0 Å². The van der Waals surface area contributed by atoms with Crippen LogP contribution in [0, 0.1) is 5.92 Å². The van der Waals surface area contributed by atoms with Crippen molar-refractivity contribution < 1.29 is 36.1 Å². The third-order valence-electron chi connectivity index (χ3n) is 0.965. The van der Waals surface area contributed by atoms with Crippen LogP contribution in [-0.4, -0.2) is 11.2 Å². The van der Waals surface area contributed by atoms with Gasteiger partial charge < -0.3 is 6.53 Å². The summed E-state index contributed by atoms with van der Waals surface area (Å²) in [6.07, 6.45) is -0.148. The van der Waals surface area contributed by atoms with E-state index in [0.717, 1.165) is 0 Å². The summed E-state index contributed by atoms with van der Waals surface area (Å²) in [6, 6.07) is 0. The average Bonchev–Trinajstić information content (AvgIpc) is 1.36. The molecular weight excluding hydrogens is 99.0 g/mol. The van der Waals surface area contributed by atoms with Gasteiger partial charge in [-0.25, -0.2) is 0 Å². The van der Waals surface area contributed by atoms with Gasteiger partial charge in [-0.1, -0.05) is 13.8 Å². The van der Waals surface area contributed by atoms with Gasteiger partial charge in [0, 0.05) is 0 Å². The molecule has 0 amide bonds. The standard InChI is InChI=1S/C5H12O.Na.H/c1-4(2)5(3)6;;/h4-6H,1-3H3;;/q;+1;-1. The molecule has 1 N–H and O–H groups in total. The van der Waals surface area contributed by atoms with E-state index in [0.29, 0.717) is 5.92 Å². The normalized spacial score (nSPS) is 13.3. The smallest absolute Gasteiger partial charge is 1.00 e. The van der Waals surface area contributed by atoms with Gasteiger partial charge in [0.25, 0.3) is 0 Å². The van der Waals surface area contributed by atoms with Gasteiger partial charge in [-0.05, 0) is 12.8 Å². The summed E-state index contributed by atoms with van der Waals surface area (Å²) in [6.45, 7) is 5.78. The fourth-order valence-electron chi connectivity index (χ4n) is 0. The minimum absolute atomic E-state index is 0. The summed E-state index contributed by atoms with van der Waals surface area (Å²) in [5, 5.41) is 8.63. The van der Waals surface area contributed by atoms with Crippen LogP contribution < -0.4 is 29.6 Å². The molecule has 0 bridgehead atoms. The first-order valence-corrected chi connectivity index (χ1v) is 2.32. The van der Waals surface area contributed by atoms with E-state index in [4.69, 9.17) is 5.11 Å². The zero-order valence-corrected chi connectivity index (χ0v) is 7.60. The summed E-state index contributed by atoms with van der Waals surface area (Å²) in [4.78, 5) is 0. The molecule has 0 spiro atoms. The summed E-state index contributed by atoms with van der Waals surface area (Å²) < 4.78 is 0. The van der Waals surface area contributed by atoms with Crippen LogP contribution in [0.2, 0.25) is 0 Å². The molecule has 0 heterocycles. The molecule has 1 unspecified atom stereocenters. The van der Waals surface area contributed by atoms with Crippen molar-refractivity contribution in [3.63, 3.8) is 0 Å². The molecule has 0 rings (SSSR count). The van der Waals surface area contributed by atoms with Crippen molar-refractivity contribution in [1.82, 2.24) is 0 Å². The molecule has 0 radical (unpaired) electrons. The maximum absolute atomic E-state index is 8.63. The first-order chi connectivity index (χ1) is 2.64. The van der Waals surface area contributed by atoms with Gasteiger partial charge in [-0.2, -0.15) is 0 Å². The molecule has 0 fully saturated rings. The van der Waals surface area contributed by atoms with Gasteiger partial charge in [0.05, 0.1) is 6.10 Å². The molecule has 1 atom stereocenters. The van der Waals surface area contributed by atoms with E-state index in [9.17, 15) is 0 Å². The van der Waals surface area contributed by atoms with Crippen LogP contribution in [0.4, 0.5) is 0 Å². The Hall–Kier alpha value is 0.960. The van der Waals surface area contributed by atoms with E-state index >= 15 is 0 Å². The minimum Gasteiger partial charge on any atom is -1.00 e. The predicted octanol–water partition coefficient (Wildman–Crippen LogP) is -1.86. The fraction of sp³-hybridized carbons (Fsp3) is 1.00. The monoisotopic (exact) mass is 112 g/mol. The molecule has 0 aromatic rings. The van der Waals surface area contributed by atoms with Crippen molar-refractivity contribution in [3.05, 3.63) is 0 Å². The second-order valence-corrected chi connectivity index (χ2v) is 1.98. The van der Waals surface area contributed by atoms with Crippen molar-refractivity contribution in [2.24, 2.45) is 5.92 Å². The average molecular weight is 112 g/mol. The predicted molar refractivity (Wildman–Crippen MR) is 27.6 cm³/mol. The molecule has 0 saturated heterocycles. The molecule has 2 heteroatoms. The van der Waals surface area contributed by atoms with Gasteiger partial charge in [0.1, 0.15) is 0 Å². The van der Waals surface area contributed by atoms with Gasteiger partial charge in [-0.3, -0.25) is 0 Å². The van der Waals surface area contributed by atoms with E-state index in [1.807, 2.05) is 13.8 Å². The van der Waals surface area contributed by atoms with E-state index in [2.05, 4.69) is 0 Å². The number of aliphatic hydroxyl groups excluding tert-OH is 1. The molecule has 0 aromatic carbocycles. The molecule has 0 aliphatic heterocycles. The second-order valence-electron chi connectivity index (χ2n) is 1.98. The number of hydrogen-bond acceptors (Lipinski definition) is 1. The SMILES string of the molecule is CC(C)C(C)O.[H-].[Na+]. The molecule has 0 aliphatic rings. The summed E-state index contributed by atoms with van der Waals surface area (Å²) in [5.41, 5.74) is 0. The van der Waals surface area contributed by atoms with Crippen molar-refractivity contribution in [2.45, 2.75) is 26.9 Å². The Labute approximate surface area is 68.9 Å². The first-order valence-electron chi connectivity index (χ1n) is 2.32. The van der Waals surface area contributed by atoms with Gasteiger partial charge in [-0.15, -0.1) is 0 Å². The quantitative estimate of drug-likeness (QED) is 0.394. The van der Waals surface area contributed by atoms with E-state index in [1.54, 1.807) is 6.92 Å². The van der Waals surface area contributed by atoms with Crippen molar-refractivity contribution >= 4 is 0 Å². The summed E-state index contributed by atoms with van der Waals surface area (Å²) >= 11 is 0. The van der Waals surface area contributed by atoms with Crippen LogP contribution in [0.15, 0.2) is 0 Å². The van der Waals surface area contributed by atoms with Crippen molar-refractivity contribution in [2.75, 3.05) is 0 Å². The van der Waals surface area contributed by atoms with Gasteiger partial charge >= 0.3 is 29.6 Å². The molecular formula is C5H13NaO. The van der Waals surface area contributed by atoms with Crippen LogP contribution in [0.3, 0.4) is 0 Å². The van der Waals surface area contributed by atoms with Crippen molar-refractivity contribution in [3.8, 4) is 0 Å². The number of aliphatic hydroxyl groups is 1. The molecule has 40 valence electrons. The summed E-state index contributed by atoms with van der Waals surface area (Å²) in [5.74, 6) is 0.407. The van der Waals surface area contributed by atoms with Gasteiger partial charge in [0.2, 0.25) is 0 Å². The molecule has 0 aliphatic carbocycles. The summed E-state index contributed by atoms with van der Waals surface area (Å²) in [7, 11) is 0. The van der Waals surface area contributed by atoms with Gasteiger partial charge in [0.15, 0.2) is 0 Å². The Morgan fingerprint density at radius 1 is 1.29 bits per heavy atom. The van der Waals surface area contributed by atoms with E-state index in [1.165, 1.54) is 0 Å². The Kier molecular flexibility index (Phi) is 7.91. The zero-order valence-electron chi connectivity index (χ0n) is 6.60. The third-order valence-corrected chi connectivity index (χ3v) is 0.965. The van der Waals surface area contributed by atoms with E-state index < -0.39 is 0 Å². The number of rotatable bonds is 1. The van der Waals surface area contributed by atoms with Crippen LogP contribution in [0.1, 0.15) is 22.2 Å². The van der Waals surface area contributed by atoms with Crippen LogP contribution in [-0.2, 0) is 0 Å². The third kappa shape index (κ3) is 6.96. The van der Waals surface area contributed by atoms with Crippen LogP contribution >= 0.6 is 0 Å². The second kappa shape index (κ2) is 5.10. The molecule has 0 aromatic heterocycles. The van der Waals surface area contributed by atoms with Crippen LogP contribution in [0.5, 0.6) is 0 Å². The Bertz CT molecular complexity index is 33.4. The van der Waals surface area contributed by atoms with Crippen molar-refractivity contribution in [1.29, 1.82) is 0 Å². The Balaban J connectivity index is -0.000000125. The molecule has 7 heavy (non-hydrogen) atoms. The maximum atomic E-state index is 8.63. The van der Waals surface area contributed by atoms with E-state index in [-0.39, 0.29) is 37.1 Å². The minimum atomic E-state index is -0.148.